The molecule has 0 saturated heterocycles. The molecule has 0 unspecified atom stereocenters. The van der Waals surface area contributed by atoms with Gasteiger partial charge in [0, 0.05) is 19.1 Å². The highest BCUT2D eigenvalue weighted by atomic mass is 16.4. The highest BCUT2D eigenvalue weighted by Crippen LogP contribution is 2.26. The van der Waals surface area contributed by atoms with Crippen LogP contribution in [0.3, 0.4) is 0 Å². The minimum Gasteiger partial charge on any atom is -0.481 e. The van der Waals surface area contributed by atoms with Crippen molar-refractivity contribution in [2.45, 2.75) is 38.3 Å². The van der Waals surface area contributed by atoms with Gasteiger partial charge < -0.3 is 15.3 Å². The smallest absolute Gasteiger partial charge is 0.317 e. The number of carbonyl (C=O) groups excluding carboxylic acids is 1. The van der Waals surface area contributed by atoms with Crippen molar-refractivity contribution in [1.82, 2.24) is 10.2 Å². The number of fused-ring (bicyclic) bond motifs is 1. The first-order chi connectivity index (χ1) is 10.1. The molecule has 1 aliphatic heterocycles. The topological polar surface area (TPSA) is 69.6 Å². The number of aliphatic carboxylic acids is 1. The second-order valence-corrected chi connectivity index (χ2v) is 5.93. The number of hydrogen-bond acceptors (Lipinski definition) is 2. The van der Waals surface area contributed by atoms with E-state index >= 15 is 0 Å². The van der Waals surface area contributed by atoms with Crippen LogP contribution in [-0.2, 0) is 17.8 Å². The molecule has 1 fully saturated rings. The first-order valence-corrected chi connectivity index (χ1v) is 7.48. The number of benzene rings is 1. The van der Waals surface area contributed by atoms with Gasteiger partial charge in [0.25, 0.3) is 0 Å². The molecule has 5 nitrogen and oxygen atoms in total. The molecule has 5 heteroatoms. The van der Waals surface area contributed by atoms with Gasteiger partial charge in [-0.25, -0.2) is 4.79 Å². The molecule has 0 bridgehead atoms. The summed E-state index contributed by atoms with van der Waals surface area (Å²) in [5.74, 6) is -1.06. The second kappa shape index (κ2) is 5.76. The Balaban J connectivity index is 1.57. The van der Waals surface area contributed by atoms with Crippen molar-refractivity contribution in [3.63, 3.8) is 0 Å². The van der Waals surface area contributed by atoms with Crippen LogP contribution in [0.2, 0.25) is 0 Å². The van der Waals surface area contributed by atoms with Crippen LogP contribution >= 0.6 is 0 Å². The van der Waals surface area contributed by atoms with Crippen molar-refractivity contribution >= 4 is 12.0 Å². The van der Waals surface area contributed by atoms with E-state index in [9.17, 15) is 9.59 Å². The Bertz CT molecular complexity index is 558. The molecular formula is C16H20N2O3. The lowest BCUT2D eigenvalue weighted by atomic mass is 10.0. The molecule has 2 amide bonds. The number of carboxylic acid groups (broad SMARTS) is 1. The van der Waals surface area contributed by atoms with E-state index in [1.807, 2.05) is 17.0 Å². The van der Waals surface area contributed by atoms with Crippen molar-refractivity contribution < 1.29 is 14.7 Å². The zero-order valence-corrected chi connectivity index (χ0v) is 11.9. The standard InChI is InChI=1S/C16H20N2O3/c19-15(20)12-5-6-14(9-12)17-16(21)18-8-7-11-3-1-2-4-13(11)10-18/h1-4,12,14H,5-10H2,(H,17,21)(H,19,20)/t12-,14+/m1/s1. The van der Waals surface area contributed by atoms with Crippen LogP contribution in [0.5, 0.6) is 0 Å². The molecule has 112 valence electrons. The Hall–Kier alpha value is -2.04. The summed E-state index contributed by atoms with van der Waals surface area (Å²) < 4.78 is 0. The highest BCUT2D eigenvalue weighted by molar-refractivity contribution is 5.75. The van der Waals surface area contributed by atoms with Crippen LogP contribution in [0.1, 0.15) is 30.4 Å². The van der Waals surface area contributed by atoms with E-state index in [1.165, 1.54) is 11.1 Å². The minimum absolute atomic E-state index is 0.00392. The number of carboxylic acids is 1. The first-order valence-electron chi connectivity index (χ1n) is 7.48. The van der Waals surface area contributed by atoms with Crippen molar-refractivity contribution in [2.24, 2.45) is 5.92 Å². The minimum atomic E-state index is -0.751. The van der Waals surface area contributed by atoms with Gasteiger partial charge in [-0.2, -0.15) is 0 Å². The summed E-state index contributed by atoms with van der Waals surface area (Å²) in [6.07, 6.45) is 2.84. The predicted octanol–water partition coefficient (Wildman–Crippen LogP) is 2.01. The lowest BCUT2D eigenvalue weighted by Gasteiger charge is -2.30. The number of carbonyl (C=O) groups is 2. The van der Waals surface area contributed by atoms with E-state index < -0.39 is 5.97 Å². The molecule has 21 heavy (non-hydrogen) atoms. The van der Waals surface area contributed by atoms with Crippen LogP contribution in [0, 0.1) is 5.92 Å². The molecule has 2 atom stereocenters. The van der Waals surface area contributed by atoms with Gasteiger partial charge in [-0.3, -0.25) is 4.79 Å². The molecule has 0 spiro atoms. The Morgan fingerprint density at radius 1 is 1.19 bits per heavy atom. The maximum atomic E-state index is 12.3. The van der Waals surface area contributed by atoms with E-state index in [2.05, 4.69) is 17.4 Å². The molecule has 2 N–H and O–H groups in total. The molecule has 1 saturated carbocycles. The van der Waals surface area contributed by atoms with Crippen LogP contribution in [0.4, 0.5) is 4.79 Å². The summed E-state index contributed by atoms with van der Waals surface area (Å²) in [6, 6.07) is 8.12. The maximum absolute atomic E-state index is 12.3. The largest absolute Gasteiger partial charge is 0.481 e. The van der Waals surface area contributed by atoms with Crippen molar-refractivity contribution in [2.75, 3.05) is 6.54 Å². The van der Waals surface area contributed by atoms with Crippen LogP contribution in [-0.4, -0.2) is 34.6 Å². The van der Waals surface area contributed by atoms with Gasteiger partial charge in [-0.15, -0.1) is 0 Å². The van der Waals surface area contributed by atoms with Gasteiger partial charge >= 0.3 is 12.0 Å². The average Bonchev–Trinajstić information content (AvgIpc) is 2.95. The highest BCUT2D eigenvalue weighted by Gasteiger charge is 2.31. The van der Waals surface area contributed by atoms with Crippen LogP contribution in [0.15, 0.2) is 24.3 Å². The van der Waals surface area contributed by atoms with Crippen LogP contribution in [0.25, 0.3) is 0 Å². The zero-order chi connectivity index (χ0) is 14.8. The molecule has 0 aromatic heterocycles. The summed E-state index contributed by atoms with van der Waals surface area (Å²) in [7, 11) is 0. The molecule has 1 aromatic carbocycles. The van der Waals surface area contributed by atoms with Gasteiger partial charge in [-0.05, 0) is 36.8 Å². The summed E-state index contributed by atoms with van der Waals surface area (Å²) >= 11 is 0. The molecule has 1 aromatic rings. The normalized spacial score (nSPS) is 24.5. The van der Waals surface area contributed by atoms with E-state index in [4.69, 9.17) is 5.11 Å². The van der Waals surface area contributed by atoms with Gasteiger partial charge in [0.1, 0.15) is 0 Å². The van der Waals surface area contributed by atoms with Crippen molar-refractivity contribution in [3.05, 3.63) is 35.4 Å². The molecule has 3 rings (SSSR count). The fourth-order valence-electron chi connectivity index (χ4n) is 3.27. The van der Waals surface area contributed by atoms with E-state index in [0.717, 1.165) is 19.4 Å². The fourth-order valence-corrected chi connectivity index (χ4v) is 3.27. The molecule has 2 aliphatic rings. The number of amides is 2. The molecule has 1 heterocycles. The number of hydrogen-bond donors (Lipinski definition) is 2. The quantitative estimate of drug-likeness (QED) is 0.874. The fraction of sp³-hybridized carbons (Fsp3) is 0.500. The Labute approximate surface area is 123 Å². The zero-order valence-electron chi connectivity index (χ0n) is 11.9. The predicted molar refractivity (Wildman–Crippen MR) is 77.9 cm³/mol. The van der Waals surface area contributed by atoms with Gasteiger partial charge in [0.15, 0.2) is 0 Å². The van der Waals surface area contributed by atoms with Gasteiger partial charge in [-0.1, -0.05) is 24.3 Å². The monoisotopic (exact) mass is 288 g/mol. The van der Waals surface area contributed by atoms with E-state index in [1.54, 1.807) is 0 Å². The summed E-state index contributed by atoms with van der Waals surface area (Å²) in [5, 5.41) is 12.0. The van der Waals surface area contributed by atoms with Crippen molar-refractivity contribution in [3.8, 4) is 0 Å². The lowest BCUT2D eigenvalue weighted by Crippen LogP contribution is -2.46. The van der Waals surface area contributed by atoms with E-state index in [-0.39, 0.29) is 18.0 Å². The average molecular weight is 288 g/mol. The lowest BCUT2D eigenvalue weighted by molar-refractivity contribution is -0.141. The maximum Gasteiger partial charge on any atom is 0.317 e. The van der Waals surface area contributed by atoms with E-state index in [0.29, 0.717) is 19.4 Å². The number of nitrogens with one attached hydrogen (secondary N) is 1. The van der Waals surface area contributed by atoms with Crippen LogP contribution < -0.4 is 5.32 Å². The molecular weight excluding hydrogens is 268 g/mol. The SMILES string of the molecule is O=C(O)[C@@H]1CC[C@H](NC(=O)N2CCc3ccccc3C2)C1. The summed E-state index contributed by atoms with van der Waals surface area (Å²) in [5.41, 5.74) is 2.52. The van der Waals surface area contributed by atoms with Crippen molar-refractivity contribution in [1.29, 1.82) is 0 Å². The van der Waals surface area contributed by atoms with Gasteiger partial charge in [0.05, 0.1) is 5.92 Å². The molecule has 1 aliphatic carbocycles. The number of nitrogens with zero attached hydrogens (tertiary/aromatic N) is 1. The second-order valence-electron chi connectivity index (χ2n) is 5.93. The van der Waals surface area contributed by atoms with Gasteiger partial charge in [0.2, 0.25) is 0 Å². The Kier molecular flexibility index (Phi) is 3.82. The third-order valence-electron chi connectivity index (χ3n) is 4.53. The Morgan fingerprint density at radius 3 is 2.67 bits per heavy atom. The summed E-state index contributed by atoms with van der Waals surface area (Å²) in [4.78, 5) is 25.1. The third-order valence-corrected chi connectivity index (χ3v) is 4.53. The first kappa shape index (κ1) is 13.9. The number of urea groups is 1. The summed E-state index contributed by atoms with van der Waals surface area (Å²) in [6.45, 7) is 1.36. The molecule has 0 radical (unpaired) electrons. The number of rotatable bonds is 2. The third kappa shape index (κ3) is 3.01. The Morgan fingerprint density at radius 2 is 1.95 bits per heavy atom.